The maximum atomic E-state index is 11.7. The van der Waals surface area contributed by atoms with E-state index in [0.29, 0.717) is 11.6 Å². The summed E-state index contributed by atoms with van der Waals surface area (Å²) < 4.78 is 0. The summed E-state index contributed by atoms with van der Waals surface area (Å²) in [6, 6.07) is 7.46. The minimum Gasteiger partial charge on any atom is -0.334 e. The fraction of sp³-hybridized carbons (Fsp3) is 0.462. The van der Waals surface area contributed by atoms with Gasteiger partial charge >= 0.3 is 6.03 Å². The van der Waals surface area contributed by atoms with Crippen molar-refractivity contribution in [2.24, 2.45) is 5.92 Å². The van der Waals surface area contributed by atoms with Gasteiger partial charge in [-0.25, -0.2) is 4.79 Å². The first-order valence-corrected chi connectivity index (χ1v) is 6.33. The van der Waals surface area contributed by atoms with Crippen LogP contribution in [0.3, 0.4) is 0 Å². The summed E-state index contributed by atoms with van der Waals surface area (Å²) in [4.78, 5) is 11.7. The fourth-order valence-corrected chi connectivity index (χ4v) is 2.96. The first kappa shape index (κ1) is 10.9. The number of benzene rings is 1. The van der Waals surface area contributed by atoms with Crippen LogP contribution in [0.25, 0.3) is 0 Å². The van der Waals surface area contributed by atoms with Crippen molar-refractivity contribution in [1.82, 2.24) is 10.6 Å². The Morgan fingerprint density at radius 2 is 2.18 bits per heavy atom. The zero-order valence-corrected chi connectivity index (χ0v) is 10.3. The molecule has 0 aliphatic heterocycles. The topological polar surface area (TPSA) is 41.1 Å². The van der Waals surface area contributed by atoms with E-state index in [4.69, 9.17) is 11.6 Å². The van der Waals surface area contributed by atoms with E-state index >= 15 is 0 Å². The first-order valence-electron chi connectivity index (χ1n) is 5.96. The van der Waals surface area contributed by atoms with Crippen LogP contribution >= 0.6 is 11.6 Å². The molecular weight excluding hydrogens is 236 g/mol. The zero-order valence-electron chi connectivity index (χ0n) is 9.50. The summed E-state index contributed by atoms with van der Waals surface area (Å²) in [5.74, 6) is 0.878. The molecule has 2 amide bonds. The lowest BCUT2D eigenvalue weighted by molar-refractivity contribution is -0.0402. The Balaban J connectivity index is 1.48. The minimum absolute atomic E-state index is 0.0666. The Labute approximate surface area is 106 Å². The molecule has 0 heterocycles. The molecular formula is C13H15ClN2O. The molecule has 3 aliphatic carbocycles. The second-order valence-corrected chi connectivity index (χ2v) is 5.63. The van der Waals surface area contributed by atoms with Gasteiger partial charge < -0.3 is 10.6 Å². The number of amides is 2. The summed E-state index contributed by atoms with van der Waals surface area (Å²) in [5.41, 5.74) is 1.16. The Hall–Kier alpha value is -1.22. The third kappa shape index (κ3) is 2.12. The van der Waals surface area contributed by atoms with Gasteiger partial charge in [0.05, 0.1) is 0 Å². The first-order chi connectivity index (χ1) is 8.15. The van der Waals surface area contributed by atoms with Crippen molar-refractivity contribution in [2.75, 3.05) is 0 Å². The Kier molecular flexibility index (Phi) is 2.51. The predicted octanol–water partition coefficient (Wildman–Crippen LogP) is 2.69. The monoisotopic (exact) mass is 250 g/mol. The zero-order chi connectivity index (χ0) is 11.9. The molecule has 0 radical (unpaired) electrons. The standard InChI is InChI=1S/C13H15ClN2O/c14-11-3-1-2-9(4-11)8-15-12(17)16-13-5-10(6-13)7-13/h1-4,10H,5-8H2,(H2,15,16,17). The lowest BCUT2D eigenvalue weighted by Crippen LogP contribution is -2.69. The van der Waals surface area contributed by atoms with Crippen molar-refractivity contribution in [3.8, 4) is 0 Å². The molecule has 4 heteroatoms. The molecule has 90 valence electrons. The molecule has 3 saturated carbocycles. The van der Waals surface area contributed by atoms with Crippen LogP contribution in [-0.2, 0) is 6.54 Å². The van der Waals surface area contributed by atoms with Crippen LogP contribution in [0.5, 0.6) is 0 Å². The van der Waals surface area contributed by atoms with Crippen LogP contribution in [0, 0.1) is 5.92 Å². The van der Waals surface area contributed by atoms with Crippen molar-refractivity contribution in [3.05, 3.63) is 34.9 Å². The maximum absolute atomic E-state index is 11.7. The van der Waals surface area contributed by atoms with Crippen LogP contribution in [0.4, 0.5) is 4.79 Å². The second-order valence-electron chi connectivity index (χ2n) is 5.20. The van der Waals surface area contributed by atoms with Crippen molar-refractivity contribution in [1.29, 1.82) is 0 Å². The molecule has 3 fully saturated rings. The number of carbonyl (C=O) groups is 1. The molecule has 0 unspecified atom stereocenters. The van der Waals surface area contributed by atoms with Gasteiger partial charge in [0, 0.05) is 17.1 Å². The number of carbonyl (C=O) groups excluding carboxylic acids is 1. The van der Waals surface area contributed by atoms with E-state index in [1.165, 1.54) is 0 Å². The Bertz CT molecular complexity index is 443. The molecule has 0 saturated heterocycles. The average molecular weight is 251 g/mol. The molecule has 0 atom stereocenters. The highest BCUT2D eigenvalue weighted by Crippen LogP contribution is 2.56. The minimum atomic E-state index is -0.0666. The van der Waals surface area contributed by atoms with Gasteiger partial charge in [-0.15, -0.1) is 0 Å². The van der Waals surface area contributed by atoms with Crippen LogP contribution in [0.2, 0.25) is 5.02 Å². The lowest BCUT2D eigenvalue weighted by Gasteiger charge is -2.61. The summed E-state index contributed by atoms with van der Waals surface area (Å²) >= 11 is 5.88. The number of rotatable bonds is 3. The van der Waals surface area contributed by atoms with Crippen LogP contribution in [-0.4, -0.2) is 11.6 Å². The largest absolute Gasteiger partial charge is 0.334 e. The molecule has 2 bridgehead atoms. The van der Waals surface area contributed by atoms with Crippen LogP contribution < -0.4 is 10.6 Å². The van der Waals surface area contributed by atoms with Gasteiger partial charge in [-0.2, -0.15) is 0 Å². The molecule has 1 aromatic rings. The molecule has 3 aliphatic rings. The van der Waals surface area contributed by atoms with E-state index in [1.54, 1.807) is 0 Å². The second kappa shape index (κ2) is 3.91. The molecule has 0 spiro atoms. The number of hydrogen-bond acceptors (Lipinski definition) is 1. The molecule has 0 aromatic heterocycles. The van der Waals surface area contributed by atoms with Gasteiger partial charge in [-0.05, 0) is 42.9 Å². The smallest absolute Gasteiger partial charge is 0.315 e. The van der Waals surface area contributed by atoms with Crippen molar-refractivity contribution >= 4 is 17.6 Å². The highest BCUT2D eigenvalue weighted by Gasteiger charge is 2.57. The van der Waals surface area contributed by atoms with Gasteiger partial charge in [0.1, 0.15) is 0 Å². The van der Waals surface area contributed by atoms with Gasteiger partial charge in [-0.1, -0.05) is 23.7 Å². The lowest BCUT2D eigenvalue weighted by atomic mass is 9.50. The van der Waals surface area contributed by atoms with E-state index in [9.17, 15) is 4.79 Å². The van der Waals surface area contributed by atoms with Crippen molar-refractivity contribution < 1.29 is 4.79 Å². The fourth-order valence-electron chi connectivity index (χ4n) is 2.75. The van der Waals surface area contributed by atoms with E-state index in [-0.39, 0.29) is 11.6 Å². The molecule has 4 rings (SSSR count). The third-order valence-electron chi connectivity index (χ3n) is 3.76. The SMILES string of the molecule is O=C(NCc1cccc(Cl)c1)NC12CC(C1)C2. The van der Waals surface area contributed by atoms with Crippen molar-refractivity contribution in [2.45, 2.75) is 31.3 Å². The van der Waals surface area contributed by atoms with Gasteiger partial charge in [-0.3, -0.25) is 0 Å². The van der Waals surface area contributed by atoms with E-state index in [1.807, 2.05) is 24.3 Å². The molecule has 17 heavy (non-hydrogen) atoms. The summed E-state index contributed by atoms with van der Waals surface area (Å²) in [7, 11) is 0. The third-order valence-corrected chi connectivity index (χ3v) is 3.99. The highest BCUT2D eigenvalue weighted by molar-refractivity contribution is 6.30. The number of nitrogens with one attached hydrogen (secondary N) is 2. The number of halogens is 1. The summed E-state index contributed by atoms with van der Waals surface area (Å²) in [5, 5.41) is 6.63. The summed E-state index contributed by atoms with van der Waals surface area (Å²) in [6.45, 7) is 0.520. The van der Waals surface area contributed by atoms with Gasteiger partial charge in [0.25, 0.3) is 0 Å². The van der Waals surface area contributed by atoms with Gasteiger partial charge in [0.2, 0.25) is 0 Å². The van der Waals surface area contributed by atoms with E-state index < -0.39 is 0 Å². The average Bonchev–Trinajstić information content (AvgIpc) is 2.19. The quantitative estimate of drug-likeness (QED) is 0.851. The number of urea groups is 1. The molecule has 2 N–H and O–H groups in total. The number of hydrogen-bond donors (Lipinski definition) is 2. The van der Waals surface area contributed by atoms with Crippen LogP contribution in [0.15, 0.2) is 24.3 Å². The van der Waals surface area contributed by atoms with Gasteiger partial charge in [0.15, 0.2) is 0 Å². The van der Waals surface area contributed by atoms with E-state index in [2.05, 4.69) is 10.6 Å². The Morgan fingerprint density at radius 3 is 2.76 bits per heavy atom. The highest BCUT2D eigenvalue weighted by atomic mass is 35.5. The summed E-state index contributed by atoms with van der Waals surface area (Å²) in [6.07, 6.45) is 3.49. The van der Waals surface area contributed by atoms with Crippen LogP contribution in [0.1, 0.15) is 24.8 Å². The normalized spacial score (nSPS) is 28.9. The molecule has 3 nitrogen and oxygen atoms in total. The predicted molar refractivity (Wildman–Crippen MR) is 66.9 cm³/mol. The van der Waals surface area contributed by atoms with Crippen molar-refractivity contribution in [3.63, 3.8) is 0 Å². The maximum Gasteiger partial charge on any atom is 0.315 e. The molecule has 1 aromatic carbocycles. The Morgan fingerprint density at radius 1 is 1.41 bits per heavy atom. The van der Waals surface area contributed by atoms with E-state index in [0.717, 1.165) is 30.7 Å².